The van der Waals surface area contributed by atoms with E-state index >= 15 is 0 Å². The molecule has 3 rings (SSSR count). The number of rotatable bonds is 9. The van der Waals surface area contributed by atoms with Gasteiger partial charge in [0.05, 0.1) is 12.8 Å². The van der Waals surface area contributed by atoms with Crippen molar-refractivity contribution < 1.29 is 4.42 Å². The molecule has 7 heteroatoms. The van der Waals surface area contributed by atoms with Crippen molar-refractivity contribution in [3.8, 4) is 0 Å². The molecule has 132 valence electrons. The summed E-state index contributed by atoms with van der Waals surface area (Å²) in [5.41, 5.74) is 0. The van der Waals surface area contributed by atoms with Gasteiger partial charge in [0, 0.05) is 43.3 Å². The molecule has 0 atom stereocenters. The summed E-state index contributed by atoms with van der Waals surface area (Å²) < 4.78 is 7.30. The van der Waals surface area contributed by atoms with E-state index in [9.17, 15) is 0 Å². The number of furan rings is 1. The fourth-order valence-electron chi connectivity index (χ4n) is 2.37. The van der Waals surface area contributed by atoms with E-state index < -0.39 is 0 Å². The predicted octanol–water partition coefficient (Wildman–Crippen LogP) is 2.91. The third kappa shape index (κ3) is 6.11. The molecule has 0 aliphatic heterocycles. The number of thiophene rings is 1. The third-order valence-electron chi connectivity index (χ3n) is 3.63. The van der Waals surface area contributed by atoms with Crippen LogP contribution in [0.15, 0.2) is 63.8 Å². The highest BCUT2D eigenvalue weighted by Gasteiger charge is 2.01. The molecule has 3 aromatic heterocycles. The van der Waals surface area contributed by atoms with Gasteiger partial charge in [0.1, 0.15) is 5.76 Å². The summed E-state index contributed by atoms with van der Waals surface area (Å²) in [6, 6.07) is 10.00. The first kappa shape index (κ1) is 17.3. The number of hydrogen-bond acceptors (Lipinski definition) is 4. The lowest BCUT2D eigenvalue weighted by atomic mass is 10.3. The number of guanidine groups is 1. The van der Waals surface area contributed by atoms with Crippen molar-refractivity contribution in [2.75, 3.05) is 13.1 Å². The monoisotopic (exact) mass is 357 g/mol. The van der Waals surface area contributed by atoms with Crippen LogP contribution in [0.3, 0.4) is 0 Å². The van der Waals surface area contributed by atoms with Crippen molar-refractivity contribution in [1.29, 1.82) is 0 Å². The summed E-state index contributed by atoms with van der Waals surface area (Å²) >= 11 is 1.72. The summed E-state index contributed by atoms with van der Waals surface area (Å²) in [7, 11) is 0. The minimum absolute atomic E-state index is 0.687. The van der Waals surface area contributed by atoms with Crippen LogP contribution in [0.1, 0.15) is 17.1 Å². The van der Waals surface area contributed by atoms with Crippen LogP contribution in [0, 0.1) is 0 Å². The molecular weight excluding hydrogens is 334 g/mol. The lowest BCUT2D eigenvalue weighted by molar-refractivity contribution is 0.506. The molecule has 0 fully saturated rings. The zero-order valence-corrected chi connectivity index (χ0v) is 14.9. The molecule has 0 saturated heterocycles. The molecule has 0 aromatic carbocycles. The Morgan fingerprint density at radius 3 is 2.92 bits per heavy atom. The fourth-order valence-corrected chi connectivity index (χ4v) is 3.00. The first-order valence-electron chi connectivity index (χ1n) is 8.44. The lowest BCUT2D eigenvalue weighted by Crippen LogP contribution is -2.39. The van der Waals surface area contributed by atoms with Gasteiger partial charge in [0.25, 0.3) is 0 Å². The Morgan fingerprint density at radius 1 is 1.20 bits per heavy atom. The van der Waals surface area contributed by atoms with Crippen molar-refractivity contribution in [3.63, 3.8) is 0 Å². The number of nitrogens with zero attached hydrogens (tertiary/aromatic N) is 3. The van der Waals surface area contributed by atoms with Crippen molar-refractivity contribution in [2.24, 2.45) is 4.99 Å². The Balaban J connectivity index is 1.45. The highest BCUT2D eigenvalue weighted by molar-refractivity contribution is 7.09. The molecule has 0 aliphatic rings. The molecule has 0 unspecified atom stereocenters. The van der Waals surface area contributed by atoms with Crippen molar-refractivity contribution in [3.05, 3.63) is 65.0 Å². The Bertz CT molecular complexity index is 720. The van der Waals surface area contributed by atoms with Gasteiger partial charge in [0.2, 0.25) is 0 Å². The molecule has 25 heavy (non-hydrogen) atoms. The Morgan fingerprint density at radius 2 is 2.16 bits per heavy atom. The minimum atomic E-state index is 0.687. The zero-order chi connectivity index (χ0) is 17.2. The Kier molecular flexibility index (Phi) is 6.70. The average Bonchev–Trinajstić information content (AvgIpc) is 3.39. The van der Waals surface area contributed by atoms with E-state index in [1.807, 2.05) is 29.1 Å². The topological polar surface area (TPSA) is 67.4 Å². The van der Waals surface area contributed by atoms with Gasteiger partial charge < -0.3 is 15.1 Å². The van der Waals surface area contributed by atoms with Crippen LogP contribution in [-0.2, 0) is 19.5 Å². The van der Waals surface area contributed by atoms with Crippen LogP contribution >= 0.6 is 11.3 Å². The first-order valence-corrected chi connectivity index (χ1v) is 9.32. The van der Waals surface area contributed by atoms with Crippen LogP contribution in [-0.4, -0.2) is 28.8 Å². The van der Waals surface area contributed by atoms with Gasteiger partial charge in [0.15, 0.2) is 5.96 Å². The molecule has 6 nitrogen and oxygen atoms in total. The molecule has 0 saturated carbocycles. The van der Waals surface area contributed by atoms with E-state index in [1.54, 1.807) is 23.8 Å². The van der Waals surface area contributed by atoms with Crippen LogP contribution < -0.4 is 10.6 Å². The number of aryl methyl sites for hydroxylation is 1. The van der Waals surface area contributed by atoms with E-state index in [0.717, 1.165) is 44.2 Å². The summed E-state index contributed by atoms with van der Waals surface area (Å²) in [6.07, 6.45) is 7.30. The summed E-state index contributed by atoms with van der Waals surface area (Å²) in [5.74, 6) is 1.81. The van der Waals surface area contributed by atoms with E-state index in [0.29, 0.717) is 6.54 Å². The first-order chi connectivity index (χ1) is 12.4. The van der Waals surface area contributed by atoms with Crippen molar-refractivity contribution in [2.45, 2.75) is 25.9 Å². The molecule has 2 N–H and O–H groups in total. The quantitative estimate of drug-likeness (QED) is 0.351. The molecular formula is C18H23N5OS. The van der Waals surface area contributed by atoms with E-state index in [2.05, 4.69) is 38.2 Å². The Hall–Kier alpha value is -2.54. The highest BCUT2D eigenvalue weighted by Crippen LogP contribution is 2.09. The van der Waals surface area contributed by atoms with Gasteiger partial charge in [-0.3, -0.25) is 4.68 Å². The van der Waals surface area contributed by atoms with Gasteiger partial charge in [-0.1, -0.05) is 6.07 Å². The maximum absolute atomic E-state index is 5.37. The fraction of sp³-hybridized carbons (Fsp3) is 0.333. The van der Waals surface area contributed by atoms with Crippen molar-refractivity contribution in [1.82, 2.24) is 20.4 Å². The SMILES string of the molecule is c1coc(CCNC(=NCc2cccs2)NCCCn2cccn2)c1. The van der Waals surface area contributed by atoms with E-state index in [4.69, 9.17) is 4.42 Å². The average molecular weight is 357 g/mol. The molecule has 0 aliphatic carbocycles. The predicted molar refractivity (Wildman–Crippen MR) is 101 cm³/mol. The number of nitrogens with one attached hydrogen (secondary N) is 2. The highest BCUT2D eigenvalue weighted by atomic mass is 32.1. The van der Waals surface area contributed by atoms with Gasteiger partial charge >= 0.3 is 0 Å². The standard InChI is InChI=1S/C18H23N5OS/c1-5-16(24-13-1)7-10-20-18(21-15-17-6-2-14-25-17)19-8-3-11-23-12-4-9-22-23/h1-2,4-6,9,12-14H,3,7-8,10-11,15H2,(H2,19,20,21). The van der Waals surface area contributed by atoms with Gasteiger partial charge in [-0.2, -0.15) is 5.10 Å². The smallest absolute Gasteiger partial charge is 0.191 e. The minimum Gasteiger partial charge on any atom is -0.469 e. The molecule has 3 aromatic rings. The second-order valence-corrected chi connectivity index (χ2v) is 6.58. The number of hydrogen-bond donors (Lipinski definition) is 2. The van der Waals surface area contributed by atoms with Crippen LogP contribution in [0.4, 0.5) is 0 Å². The summed E-state index contributed by atoms with van der Waals surface area (Å²) in [4.78, 5) is 5.92. The number of aliphatic imine (C=N–C) groups is 1. The maximum atomic E-state index is 5.37. The van der Waals surface area contributed by atoms with Gasteiger partial charge in [-0.05, 0) is 36.1 Å². The summed E-state index contributed by atoms with van der Waals surface area (Å²) in [6.45, 7) is 3.21. The van der Waals surface area contributed by atoms with Gasteiger partial charge in [-0.15, -0.1) is 11.3 Å². The summed E-state index contributed by atoms with van der Waals surface area (Å²) in [5, 5.41) is 13.1. The second-order valence-electron chi connectivity index (χ2n) is 5.55. The lowest BCUT2D eigenvalue weighted by Gasteiger charge is -2.12. The maximum Gasteiger partial charge on any atom is 0.191 e. The zero-order valence-electron chi connectivity index (χ0n) is 14.1. The van der Waals surface area contributed by atoms with Crippen molar-refractivity contribution >= 4 is 17.3 Å². The third-order valence-corrected chi connectivity index (χ3v) is 4.49. The van der Waals surface area contributed by atoms with Crippen LogP contribution in [0.5, 0.6) is 0 Å². The Labute approximate surface area is 151 Å². The van der Waals surface area contributed by atoms with E-state index in [1.165, 1.54) is 4.88 Å². The molecule has 0 radical (unpaired) electrons. The number of aromatic nitrogens is 2. The molecule has 0 spiro atoms. The second kappa shape index (κ2) is 9.68. The molecule has 0 amide bonds. The molecule has 3 heterocycles. The van der Waals surface area contributed by atoms with E-state index in [-0.39, 0.29) is 0 Å². The van der Waals surface area contributed by atoms with Gasteiger partial charge in [-0.25, -0.2) is 4.99 Å². The van der Waals surface area contributed by atoms with Crippen LogP contribution in [0.2, 0.25) is 0 Å². The van der Waals surface area contributed by atoms with Crippen LogP contribution in [0.25, 0.3) is 0 Å². The largest absolute Gasteiger partial charge is 0.469 e. The normalized spacial score (nSPS) is 11.6. The molecule has 0 bridgehead atoms.